The Kier molecular flexibility index (Phi) is 8.17. The van der Waals surface area contributed by atoms with Crippen LogP contribution < -0.4 is 11.4 Å². The van der Waals surface area contributed by atoms with Crippen LogP contribution in [0.4, 0.5) is 5.82 Å². The van der Waals surface area contributed by atoms with Crippen molar-refractivity contribution >= 4 is 21.5 Å². The smallest absolute Gasteiger partial charge is 0.387 e. The molecule has 1 aliphatic heterocycles. The van der Waals surface area contributed by atoms with E-state index in [-0.39, 0.29) is 12.4 Å². The summed E-state index contributed by atoms with van der Waals surface area (Å²) in [5.41, 5.74) is 4.53. The maximum absolute atomic E-state index is 12.0. The Morgan fingerprint density at radius 2 is 1.81 bits per heavy atom. The fourth-order valence-corrected chi connectivity index (χ4v) is 4.56. The Hall–Kier alpha value is -1.22. The summed E-state index contributed by atoms with van der Waals surface area (Å²) in [5, 5.41) is 20.2. The van der Waals surface area contributed by atoms with Gasteiger partial charge in [0, 0.05) is 6.20 Å². The first-order chi connectivity index (χ1) is 14.1. The van der Waals surface area contributed by atoms with Gasteiger partial charge in [-0.05, 0) is 6.07 Å². The lowest BCUT2D eigenvalue weighted by atomic mass is 10.1. The van der Waals surface area contributed by atoms with Gasteiger partial charge in [-0.1, -0.05) is 0 Å². The Morgan fingerprint density at radius 3 is 2.39 bits per heavy atom. The van der Waals surface area contributed by atoms with Crippen molar-refractivity contribution in [3.8, 4) is 0 Å². The van der Waals surface area contributed by atoms with Gasteiger partial charge >= 0.3 is 21.3 Å². The molecule has 6 N–H and O–H groups in total. The molecule has 2 heterocycles. The Morgan fingerprint density at radius 1 is 1.19 bits per heavy atom. The fourth-order valence-electron chi connectivity index (χ4n) is 2.49. The molecule has 1 fully saturated rings. The minimum absolute atomic E-state index is 0.0652. The molecule has 0 aliphatic carbocycles. The van der Waals surface area contributed by atoms with Gasteiger partial charge in [0.25, 0.3) is 0 Å². The van der Waals surface area contributed by atoms with Crippen LogP contribution in [0.15, 0.2) is 17.1 Å². The predicted molar refractivity (Wildman–Crippen MR) is 104 cm³/mol. The zero-order valence-corrected chi connectivity index (χ0v) is 18.8. The summed E-state index contributed by atoms with van der Waals surface area (Å²) in [7, 11) is -4.64. The van der Waals surface area contributed by atoms with Crippen molar-refractivity contribution in [3.05, 3.63) is 22.7 Å². The molecule has 0 amide bonds. The average Bonchev–Trinajstić information content (AvgIpc) is 2.86. The van der Waals surface area contributed by atoms with Crippen molar-refractivity contribution in [2.75, 3.05) is 46.6 Å². The third-order valence-corrected chi connectivity index (χ3v) is 6.72. The van der Waals surface area contributed by atoms with E-state index < -0.39 is 52.5 Å². The molecule has 1 aromatic rings. The number of aliphatic hydroxyl groups excluding tert-OH is 2. The number of likely N-dealkylation sites (N-methyl/N-ethyl adjacent to an activating group) is 1. The molecule has 0 radical (unpaired) electrons. The molecule has 0 aromatic carbocycles. The van der Waals surface area contributed by atoms with E-state index in [1.165, 1.54) is 12.3 Å². The van der Waals surface area contributed by atoms with Gasteiger partial charge in [0.2, 0.25) is 0 Å². The van der Waals surface area contributed by atoms with Crippen LogP contribution in [0.5, 0.6) is 0 Å². The van der Waals surface area contributed by atoms with Gasteiger partial charge in [-0.3, -0.25) is 13.6 Å². The number of hydrogen-bond donors (Lipinski definition) is 5. The number of quaternary nitrogens is 1. The van der Waals surface area contributed by atoms with E-state index in [1.807, 2.05) is 0 Å². The second kappa shape index (κ2) is 9.73. The first-order valence-electron chi connectivity index (χ1n) is 8.93. The van der Waals surface area contributed by atoms with Gasteiger partial charge < -0.3 is 35.0 Å². The van der Waals surface area contributed by atoms with Crippen LogP contribution in [0, 0.1) is 0 Å². The van der Waals surface area contributed by atoms with Crippen molar-refractivity contribution in [2.45, 2.75) is 24.5 Å². The van der Waals surface area contributed by atoms with Crippen LogP contribution in [-0.4, -0.2) is 93.2 Å². The molecule has 178 valence electrons. The number of ether oxygens (including phenoxy) is 1. The highest BCUT2D eigenvalue weighted by atomic mass is 31.3. The van der Waals surface area contributed by atoms with Crippen LogP contribution in [0.25, 0.3) is 0 Å². The SMILES string of the molecule is C[N+](C)(C)CCOP(=O)(O)OP(=O)(O)OC[C@@H]1O[C@H](n2ccc(N)nc2=O)[C@H](O)[C@H]1O. The molecule has 31 heavy (non-hydrogen) atoms. The lowest BCUT2D eigenvalue weighted by Crippen LogP contribution is -2.37. The topological polar surface area (TPSA) is 213 Å². The first kappa shape index (κ1) is 26.0. The van der Waals surface area contributed by atoms with Crippen molar-refractivity contribution in [3.63, 3.8) is 0 Å². The molecular formula is C14H27N4O11P2+. The lowest BCUT2D eigenvalue weighted by molar-refractivity contribution is -0.870. The first-order valence-corrected chi connectivity index (χ1v) is 11.9. The van der Waals surface area contributed by atoms with Crippen molar-refractivity contribution in [2.24, 2.45) is 0 Å². The molecule has 15 nitrogen and oxygen atoms in total. The zero-order valence-electron chi connectivity index (χ0n) is 17.0. The number of phosphoric acid groups is 2. The van der Waals surface area contributed by atoms with Crippen molar-refractivity contribution in [1.82, 2.24) is 9.55 Å². The standard InChI is InChI=1S/C14H26N4O11P2/c1-18(2,3)6-7-26-30(22,23)29-31(24,25)27-8-9-11(19)12(20)13(28-9)17-5-4-10(15)16-14(17)21/h4-5,9,11-13,19-20H,6-8H2,1-3H3,(H3-,15,16,21,22,23,24,25)/p+1/t9-,11-,12+,13-/m0/s1. The minimum Gasteiger partial charge on any atom is -0.387 e. The molecule has 17 heteroatoms. The Balaban J connectivity index is 1.96. The number of aliphatic hydroxyl groups is 2. The molecule has 2 unspecified atom stereocenters. The Labute approximate surface area is 177 Å². The van der Waals surface area contributed by atoms with Gasteiger partial charge in [-0.2, -0.15) is 9.29 Å². The predicted octanol–water partition coefficient (Wildman–Crippen LogP) is -1.60. The molecule has 0 bridgehead atoms. The normalized spacial score (nSPS) is 28.2. The summed E-state index contributed by atoms with van der Waals surface area (Å²) in [6.07, 6.45) is -4.82. The molecule has 1 saturated heterocycles. The van der Waals surface area contributed by atoms with Crippen LogP contribution in [0.1, 0.15) is 6.23 Å². The fraction of sp³-hybridized carbons (Fsp3) is 0.714. The van der Waals surface area contributed by atoms with Gasteiger partial charge in [0.1, 0.15) is 37.3 Å². The summed E-state index contributed by atoms with van der Waals surface area (Å²) in [4.78, 5) is 34.7. The van der Waals surface area contributed by atoms with E-state index in [1.54, 1.807) is 21.1 Å². The van der Waals surface area contributed by atoms with Crippen LogP contribution in [0.2, 0.25) is 0 Å². The molecule has 1 aromatic heterocycles. The number of rotatable bonds is 10. The summed E-state index contributed by atoms with van der Waals surface area (Å²) >= 11 is 0. The van der Waals surface area contributed by atoms with E-state index in [2.05, 4.69) is 18.3 Å². The van der Waals surface area contributed by atoms with E-state index in [9.17, 15) is 33.9 Å². The molecular weight excluding hydrogens is 462 g/mol. The third kappa shape index (κ3) is 7.70. The van der Waals surface area contributed by atoms with E-state index in [0.29, 0.717) is 11.0 Å². The number of anilines is 1. The highest BCUT2D eigenvalue weighted by molar-refractivity contribution is 7.61. The van der Waals surface area contributed by atoms with E-state index in [0.717, 1.165) is 4.57 Å². The number of phosphoric ester groups is 2. The van der Waals surface area contributed by atoms with Gasteiger partial charge in [0.05, 0.1) is 27.7 Å². The summed E-state index contributed by atoms with van der Waals surface area (Å²) in [6.45, 7) is -0.746. The largest absolute Gasteiger partial charge is 0.481 e. The van der Waals surface area contributed by atoms with Crippen LogP contribution >= 0.6 is 15.6 Å². The number of aromatic nitrogens is 2. The van der Waals surface area contributed by atoms with Gasteiger partial charge in [-0.25, -0.2) is 13.9 Å². The van der Waals surface area contributed by atoms with E-state index in [4.69, 9.17) is 10.5 Å². The highest BCUT2D eigenvalue weighted by Gasteiger charge is 2.46. The molecule has 0 saturated carbocycles. The maximum Gasteiger partial charge on any atom is 0.481 e. The molecule has 1 aliphatic rings. The monoisotopic (exact) mass is 489 g/mol. The molecule has 0 spiro atoms. The number of nitrogens with two attached hydrogens (primary N) is 1. The molecule has 2 rings (SSSR count). The second-order valence-electron chi connectivity index (χ2n) is 7.75. The summed E-state index contributed by atoms with van der Waals surface area (Å²) < 4.78 is 43.9. The number of nitrogens with zero attached hydrogens (tertiary/aromatic N) is 3. The summed E-state index contributed by atoms with van der Waals surface area (Å²) in [6, 6.07) is 1.26. The van der Waals surface area contributed by atoms with E-state index >= 15 is 0 Å². The number of nitrogen functional groups attached to an aromatic ring is 1. The van der Waals surface area contributed by atoms with Crippen molar-refractivity contribution < 1.29 is 51.7 Å². The van der Waals surface area contributed by atoms with Gasteiger partial charge in [0.15, 0.2) is 6.23 Å². The zero-order chi connectivity index (χ0) is 23.6. The lowest BCUT2D eigenvalue weighted by Gasteiger charge is -2.24. The number of hydrogen-bond acceptors (Lipinski definition) is 11. The summed E-state index contributed by atoms with van der Waals surface area (Å²) in [5.74, 6) is -0.0652. The minimum atomic E-state index is -5.11. The second-order valence-corrected chi connectivity index (χ2v) is 10.8. The molecule has 6 atom stereocenters. The van der Waals surface area contributed by atoms with Gasteiger partial charge in [-0.15, -0.1) is 0 Å². The van der Waals surface area contributed by atoms with Crippen LogP contribution in [0.3, 0.4) is 0 Å². The quantitative estimate of drug-likeness (QED) is 0.185. The van der Waals surface area contributed by atoms with Crippen molar-refractivity contribution in [1.29, 1.82) is 0 Å². The third-order valence-electron chi connectivity index (χ3n) is 4.09. The maximum atomic E-state index is 12.0. The highest BCUT2D eigenvalue weighted by Crippen LogP contribution is 2.60. The Bertz CT molecular complexity index is 920. The van der Waals surface area contributed by atoms with Crippen LogP contribution in [-0.2, 0) is 27.2 Å². The average molecular weight is 489 g/mol.